The van der Waals surface area contributed by atoms with E-state index in [0.29, 0.717) is 16.2 Å². The maximum Gasteiger partial charge on any atom is 0.000272 e. The topological polar surface area (TPSA) is 12.0 Å². The van der Waals surface area contributed by atoms with E-state index >= 15 is 0 Å². The van der Waals surface area contributed by atoms with Gasteiger partial charge in [0.25, 0.3) is 0 Å². The average Bonchev–Trinajstić information content (AvgIpc) is 1.95. The molecule has 0 spiro atoms. The van der Waals surface area contributed by atoms with E-state index in [1.54, 1.807) is 0 Å². The van der Waals surface area contributed by atoms with Gasteiger partial charge in [-0.2, -0.15) is 0 Å². The average molecular weight is 225 g/mol. The molecule has 0 saturated carbocycles. The van der Waals surface area contributed by atoms with E-state index in [1.165, 1.54) is 19.4 Å². The molecule has 1 nitrogen and oxygen atoms in total. The van der Waals surface area contributed by atoms with Crippen LogP contribution in [0.5, 0.6) is 0 Å². The summed E-state index contributed by atoms with van der Waals surface area (Å²) < 4.78 is 0. The highest BCUT2D eigenvalue weighted by Gasteiger charge is 2.41. The van der Waals surface area contributed by atoms with Gasteiger partial charge < -0.3 is 5.32 Å². The smallest absolute Gasteiger partial charge is 0.000272 e. The van der Waals surface area contributed by atoms with Crippen LogP contribution >= 0.6 is 0 Å². The van der Waals surface area contributed by atoms with Gasteiger partial charge in [0.1, 0.15) is 0 Å². The van der Waals surface area contributed by atoms with Crippen molar-refractivity contribution in [2.45, 2.75) is 61.3 Å². The van der Waals surface area contributed by atoms with Crippen molar-refractivity contribution < 1.29 is 0 Å². The zero-order chi connectivity index (χ0) is 12.6. The van der Waals surface area contributed by atoms with Gasteiger partial charge in [-0.1, -0.05) is 48.5 Å². The van der Waals surface area contributed by atoms with Crippen LogP contribution in [-0.2, 0) is 0 Å². The molecule has 16 heavy (non-hydrogen) atoms. The van der Waals surface area contributed by atoms with Gasteiger partial charge in [0, 0.05) is 6.54 Å². The van der Waals surface area contributed by atoms with Crippen molar-refractivity contribution in [2.24, 2.45) is 22.2 Å². The summed E-state index contributed by atoms with van der Waals surface area (Å²) in [7, 11) is 0. The second-order valence-electron chi connectivity index (χ2n) is 8.21. The van der Waals surface area contributed by atoms with Gasteiger partial charge in [0.2, 0.25) is 0 Å². The molecule has 1 atom stereocenters. The molecule has 0 aromatic heterocycles. The van der Waals surface area contributed by atoms with Crippen LogP contribution in [0.3, 0.4) is 0 Å². The van der Waals surface area contributed by atoms with Crippen LogP contribution in [0, 0.1) is 22.2 Å². The highest BCUT2D eigenvalue weighted by molar-refractivity contribution is 4.92. The van der Waals surface area contributed by atoms with Crippen molar-refractivity contribution in [1.82, 2.24) is 5.32 Å². The number of rotatable bonds is 0. The molecule has 0 amide bonds. The third kappa shape index (κ3) is 3.48. The number of nitrogens with one attached hydrogen (secondary N) is 1. The molecular formula is C15H31N. The molecule has 0 aromatic carbocycles. The monoisotopic (exact) mass is 225 g/mol. The summed E-state index contributed by atoms with van der Waals surface area (Å²) in [5.41, 5.74) is 1.29. The fourth-order valence-electron chi connectivity index (χ4n) is 4.09. The molecule has 1 heterocycles. The minimum atomic E-state index is 0.415. The van der Waals surface area contributed by atoms with Crippen molar-refractivity contribution in [3.8, 4) is 0 Å². The Bertz CT molecular complexity index is 229. The van der Waals surface area contributed by atoms with Gasteiger partial charge >= 0.3 is 0 Å². The second-order valence-corrected chi connectivity index (χ2v) is 8.21. The lowest BCUT2D eigenvalue weighted by Crippen LogP contribution is -2.45. The minimum Gasteiger partial charge on any atom is -0.316 e. The fraction of sp³-hybridized carbons (Fsp3) is 1.00. The fourth-order valence-corrected chi connectivity index (χ4v) is 4.09. The summed E-state index contributed by atoms with van der Waals surface area (Å²) in [5, 5.41) is 3.62. The van der Waals surface area contributed by atoms with E-state index < -0.39 is 0 Å². The lowest BCUT2D eigenvalue weighted by Gasteiger charge is -2.48. The summed E-state index contributed by atoms with van der Waals surface area (Å²) >= 11 is 0. The highest BCUT2D eigenvalue weighted by Crippen LogP contribution is 2.48. The van der Waals surface area contributed by atoms with Gasteiger partial charge in [-0.25, -0.2) is 0 Å². The van der Waals surface area contributed by atoms with Crippen molar-refractivity contribution in [3.63, 3.8) is 0 Å². The van der Waals surface area contributed by atoms with Crippen LogP contribution < -0.4 is 5.32 Å². The summed E-state index contributed by atoms with van der Waals surface area (Å²) in [5.74, 6) is 0.798. The predicted octanol–water partition coefficient (Wildman–Crippen LogP) is 4.08. The molecule has 0 aromatic rings. The minimum absolute atomic E-state index is 0.415. The summed E-state index contributed by atoms with van der Waals surface area (Å²) in [6, 6.07) is 0. The Kier molecular flexibility index (Phi) is 3.79. The molecule has 1 N–H and O–H groups in total. The van der Waals surface area contributed by atoms with E-state index in [4.69, 9.17) is 0 Å². The summed E-state index contributed by atoms with van der Waals surface area (Å²) in [6.45, 7) is 19.3. The normalized spacial score (nSPS) is 30.6. The molecule has 96 valence electrons. The van der Waals surface area contributed by atoms with E-state index in [1.807, 2.05) is 0 Å². The van der Waals surface area contributed by atoms with Gasteiger partial charge in [-0.15, -0.1) is 0 Å². The Morgan fingerprint density at radius 3 is 2.12 bits per heavy atom. The quantitative estimate of drug-likeness (QED) is 0.655. The molecule has 1 heteroatoms. The largest absolute Gasteiger partial charge is 0.316 e. The first-order valence-corrected chi connectivity index (χ1v) is 6.75. The Morgan fingerprint density at radius 2 is 1.62 bits per heavy atom. The number of hydrogen-bond donors (Lipinski definition) is 1. The van der Waals surface area contributed by atoms with Crippen LogP contribution in [0.25, 0.3) is 0 Å². The SMILES string of the molecule is CC1(C)CNCCC(C(C)(C)C)C(C)(C)C1. The van der Waals surface area contributed by atoms with Crippen molar-refractivity contribution >= 4 is 0 Å². The third-order valence-electron chi connectivity index (χ3n) is 4.14. The zero-order valence-corrected chi connectivity index (χ0v) is 12.4. The molecule has 1 rings (SSSR count). The molecule has 1 aliphatic heterocycles. The Balaban J connectivity index is 2.92. The molecule has 1 fully saturated rings. The standard InChI is InChI=1S/C15H31N/c1-13(2,3)12-8-9-16-11-14(4,5)10-15(12,6)7/h12,16H,8-11H2,1-7H3. The maximum atomic E-state index is 3.62. The Hall–Kier alpha value is -0.0400. The highest BCUT2D eigenvalue weighted by atomic mass is 14.9. The molecule has 1 aliphatic rings. The van der Waals surface area contributed by atoms with Crippen molar-refractivity contribution in [2.75, 3.05) is 13.1 Å². The predicted molar refractivity (Wildman–Crippen MR) is 72.6 cm³/mol. The lowest BCUT2D eigenvalue weighted by atomic mass is 9.59. The first-order chi connectivity index (χ1) is 7.05. The lowest BCUT2D eigenvalue weighted by molar-refractivity contribution is 0.0256. The maximum absolute atomic E-state index is 3.62. The Labute approximate surface area is 102 Å². The molecule has 1 saturated heterocycles. The van der Waals surface area contributed by atoms with E-state index in [0.717, 1.165) is 12.5 Å². The van der Waals surface area contributed by atoms with Gasteiger partial charge in [0.15, 0.2) is 0 Å². The van der Waals surface area contributed by atoms with E-state index in [2.05, 4.69) is 53.8 Å². The van der Waals surface area contributed by atoms with Crippen LogP contribution in [0.15, 0.2) is 0 Å². The Morgan fingerprint density at radius 1 is 1.06 bits per heavy atom. The van der Waals surface area contributed by atoms with Crippen LogP contribution in [0.2, 0.25) is 0 Å². The summed E-state index contributed by atoms with van der Waals surface area (Å²) in [4.78, 5) is 0. The van der Waals surface area contributed by atoms with Gasteiger partial charge in [0.05, 0.1) is 0 Å². The van der Waals surface area contributed by atoms with E-state index in [-0.39, 0.29) is 0 Å². The van der Waals surface area contributed by atoms with E-state index in [9.17, 15) is 0 Å². The number of hydrogen-bond acceptors (Lipinski definition) is 1. The van der Waals surface area contributed by atoms with Gasteiger partial charge in [-0.05, 0) is 41.5 Å². The molecule has 0 bridgehead atoms. The summed E-state index contributed by atoms with van der Waals surface area (Å²) in [6.07, 6.45) is 2.63. The van der Waals surface area contributed by atoms with Crippen LogP contribution in [0.4, 0.5) is 0 Å². The van der Waals surface area contributed by atoms with Gasteiger partial charge in [-0.3, -0.25) is 0 Å². The second kappa shape index (κ2) is 4.33. The zero-order valence-electron chi connectivity index (χ0n) is 12.4. The molecular weight excluding hydrogens is 194 g/mol. The molecule has 0 radical (unpaired) electrons. The molecule has 1 unspecified atom stereocenters. The van der Waals surface area contributed by atoms with Crippen molar-refractivity contribution in [1.29, 1.82) is 0 Å². The third-order valence-corrected chi connectivity index (χ3v) is 4.14. The van der Waals surface area contributed by atoms with Crippen molar-refractivity contribution in [3.05, 3.63) is 0 Å². The molecule has 0 aliphatic carbocycles. The van der Waals surface area contributed by atoms with Crippen LogP contribution in [0.1, 0.15) is 61.3 Å². The van der Waals surface area contributed by atoms with Crippen LogP contribution in [-0.4, -0.2) is 13.1 Å². The first kappa shape index (κ1) is 14.0. The first-order valence-electron chi connectivity index (χ1n) is 6.75.